The molecule has 7 aromatic carbocycles. The standard InChI is InChI=1S/C46H28N4/c1-3-15-29(16-4-1)43-47-44(30-17-5-2-6-18-30)49-45(48-43)50-40-26-14-10-22-34(40)36-28-27-35-33-21-9-13-25-39(33)46(41(35)42(36)50)37-23-11-7-19-31(37)32-20-8-12-24-38(32)46/h1-28H. The molecule has 232 valence electrons. The van der Waals surface area contributed by atoms with Gasteiger partial charge in [0.15, 0.2) is 11.6 Å². The molecule has 0 radical (unpaired) electrons. The normalized spacial score (nSPS) is 13.4. The van der Waals surface area contributed by atoms with Gasteiger partial charge in [0.05, 0.1) is 16.4 Å². The molecule has 0 unspecified atom stereocenters. The summed E-state index contributed by atoms with van der Waals surface area (Å²) in [5.74, 6) is 1.88. The van der Waals surface area contributed by atoms with Crippen LogP contribution in [-0.4, -0.2) is 19.5 Å². The van der Waals surface area contributed by atoms with E-state index >= 15 is 0 Å². The topological polar surface area (TPSA) is 43.6 Å². The van der Waals surface area contributed by atoms with Crippen molar-refractivity contribution >= 4 is 21.8 Å². The van der Waals surface area contributed by atoms with Gasteiger partial charge in [0.1, 0.15) is 0 Å². The monoisotopic (exact) mass is 636 g/mol. The van der Waals surface area contributed by atoms with Crippen LogP contribution in [0, 0.1) is 0 Å². The molecule has 0 N–H and O–H groups in total. The van der Waals surface area contributed by atoms with Gasteiger partial charge in [-0.25, -0.2) is 4.98 Å². The molecule has 0 aliphatic heterocycles. The van der Waals surface area contributed by atoms with Crippen molar-refractivity contribution < 1.29 is 0 Å². The molecule has 0 saturated carbocycles. The zero-order valence-corrected chi connectivity index (χ0v) is 27.0. The average molecular weight is 637 g/mol. The molecule has 4 heteroatoms. The van der Waals surface area contributed by atoms with Crippen molar-refractivity contribution in [3.05, 3.63) is 192 Å². The van der Waals surface area contributed by atoms with Crippen molar-refractivity contribution in [1.29, 1.82) is 0 Å². The summed E-state index contributed by atoms with van der Waals surface area (Å²) in [4.78, 5) is 15.6. The number of hydrogen-bond donors (Lipinski definition) is 0. The van der Waals surface area contributed by atoms with E-state index in [0.29, 0.717) is 17.6 Å². The van der Waals surface area contributed by atoms with Crippen molar-refractivity contribution in [2.75, 3.05) is 0 Å². The number of benzene rings is 7. The van der Waals surface area contributed by atoms with E-state index in [1.807, 2.05) is 36.4 Å². The fourth-order valence-corrected chi connectivity index (χ4v) is 8.74. The first-order valence-corrected chi connectivity index (χ1v) is 17.1. The van der Waals surface area contributed by atoms with Crippen LogP contribution in [-0.2, 0) is 5.41 Å². The molecule has 4 nitrogen and oxygen atoms in total. The number of nitrogens with zero attached hydrogens (tertiary/aromatic N) is 4. The first-order valence-electron chi connectivity index (χ1n) is 17.1. The number of rotatable bonds is 3. The van der Waals surface area contributed by atoms with Crippen LogP contribution in [0.3, 0.4) is 0 Å². The van der Waals surface area contributed by atoms with Gasteiger partial charge in [0, 0.05) is 27.5 Å². The van der Waals surface area contributed by atoms with Crippen molar-refractivity contribution in [2.45, 2.75) is 5.41 Å². The van der Waals surface area contributed by atoms with Gasteiger partial charge < -0.3 is 0 Å². The zero-order valence-electron chi connectivity index (χ0n) is 27.0. The SMILES string of the molecule is c1ccc(-c2nc(-c3ccccc3)nc(-n3c4ccccc4c4ccc5c(c43)C3(c4ccccc4-c4ccccc43)c3ccccc3-5)n2)cc1. The highest BCUT2D eigenvalue weighted by Gasteiger charge is 2.53. The van der Waals surface area contributed by atoms with E-state index < -0.39 is 5.41 Å². The Morgan fingerprint density at radius 1 is 0.380 bits per heavy atom. The minimum Gasteiger partial charge on any atom is -0.277 e. The minimum atomic E-state index is -0.525. The molecule has 0 saturated heterocycles. The van der Waals surface area contributed by atoms with Crippen LogP contribution < -0.4 is 0 Å². The smallest absolute Gasteiger partial charge is 0.238 e. The molecule has 2 aromatic heterocycles. The quantitative estimate of drug-likeness (QED) is 0.194. The molecule has 0 amide bonds. The molecule has 2 heterocycles. The highest BCUT2D eigenvalue weighted by Crippen LogP contribution is 2.64. The van der Waals surface area contributed by atoms with Crippen LogP contribution in [0.1, 0.15) is 22.3 Å². The van der Waals surface area contributed by atoms with Crippen molar-refractivity contribution in [3.8, 4) is 51.0 Å². The van der Waals surface area contributed by atoms with Crippen LogP contribution in [0.5, 0.6) is 0 Å². The lowest BCUT2D eigenvalue weighted by atomic mass is 9.70. The van der Waals surface area contributed by atoms with Crippen LogP contribution in [0.4, 0.5) is 0 Å². The predicted molar refractivity (Wildman–Crippen MR) is 201 cm³/mol. The third-order valence-corrected chi connectivity index (χ3v) is 10.7. The van der Waals surface area contributed by atoms with Crippen molar-refractivity contribution in [3.63, 3.8) is 0 Å². The van der Waals surface area contributed by atoms with Crippen LogP contribution in [0.15, 0.2) is 170 Å². The lowest BCUT2D eigenvalue weighted by molar-refractivity contribution is 0.795. The number of hydrogen-bond acceptors (Lipinski definition) is 3. The maximum Gasteiger partial charge on any atom is 0.238 e. The summed E-state index contributed by atoms with van der Waals surface area (Å²) in [6.07, 6.45) is 0. The third-order valence-electron chi connectivity index (χ3n) is 10.7. The maximum atomic E-state index is 5.29. The fourth-order valence-electron chi connectivity index (χ4n) is 8.74. The summed E-state index contributed by atoms with van der Waals surface area (Å²) >= 11 is 0. The van der Waals surface area contributed by atoms with Crippen LogP contribution in [0.25, 0.3) is 72.8 Å². The molecule has 50 heavy (non-hydrogen) atoms. The molecule has 11 rings (SSSR count). The Hall–Kier alpha value is -6.65. The lowest BCUT2D eigenvalue weighted by Crippen LogP contribution is -2.26. The molecule has 1 spiro atoms. The Kier molecular flexibility index (Phi) is 5.56. The maximum absolute atomic E-state index is 5.29. The van der Waals surface area contributed by atoms with Crippen molar-refractivity contribution in [2.24, 2.45) is 0 Å². The molecule has 2 aliphatic rings. The summed E-state index contributed by atoms with van der Waals surface area (Å²) in [5.41, 5.74) is 13.8. The van der Waals surface area contributed by atoms with Gasteiger partial charge in [0.25, 0.3) is 0 Å². The fraction of sp³-hybridized carbons (Fsp3) is 0.0217. The summed E-state index contributed by atoms with van der Waals surface area (Å²) in [7, 11) is 0. The van der Waals surface area contributed by atoms with E-state index in [9.17, 15) is 0 Å². The second-order valence-electron chi connectivity index (χ2n) is 13.1. The largest absolute Gasteiger partial charge is 0.277 e. The van der Waals surface area contributed by atoms with E-state index in [4.69, 9.17) is 15.0 Å². The minimum absolute atomic E-state index is 0.525. The molecular formula is C46H28N4. The molecule has 0 bridgehead atoms. The second-order valence-corrected chi connectivity index (χ2v) is 13.1. The van der Waals surface area contributed by atoms with Gasteiger partial charge in [0.2, 0.25) is 5.95 Å². The van der Waals surface area contributed by atoms with Gasteiger partial charge >= 0.3 is 0 Å². The van der Waals surface area contributed by atoms with E-state index in [0.717, 1.165) is 22.2 Å². The zero-order chi connectivity index (χ0) is 32.8. The van der Waals surface area contributed by atoms with Crippen molar-refractivity contribution in [1.82, 2.24) is 19.5 Å². The van der Waals surface area contributed by atoms with Crippen LogP contribution in [0.2, 0.25) is 0 Å². The Bertz CT molecular complexity index is 2690. The highest BCUT2D eigenvalue weighted by molar-refractivity contribution is 6.14. The van der Waals surface area contributed by atoms with Gasteiger partial charge in [-0.15, -0.1) is 0 Å². The average Bonchev–Trinajstić information content (AvgIpc) is 3.80. The number of aromatic nitrogens is 4. The van der Waals surface area contributed by atoms with Gasteiger partial charge in [-0.05, 0) is 45.0 Å². The molecule has 0 atom stereocenters. The summed E-state index contributed by atoms with van der Waals surface area (Å²) in [6.45, 7) is 0. The predicted octanol–water partition coefficient (Wildman–Crippen LogP) is 10.6. The number of fused-ring (bicyclic) bond motifs is 14. The summed E-state index contributed by atoms with van der Waals surface area (Å²) in [6, 6.07) is 60.6. The van der Waals surface area contributed by atoms with Gasteiger partial charge in [-0.1, -0.05) is 164 Å². The first kappa shape index (κ1) is 27.3. The summed E-state index contributed by atoms with van der Waals surface area (Å²) in [5, 5.41) is 2.34. The molecule has 0 fully saturated rings. The van der Waals surface area contributed by atoms with E-state index in [1.54, 1.807) is 0 Å². The third kappa shape index (κ3) is 3.52. The Morgan fingerprint density at radius 2 is 0.860 bits per heavy atom. The lowest BCUT2D eigenvalue weighted by Gasteiger charge is -2.31. The Balaban J connectivity index is 1.34. The molecule has 9 aromatic rings. The van der Waals surface area contributed by atoms with E-state index in [2.05, 4.69) is 138 Å². The first-order chi connectivity index (χ1) is 24.8. The van der Waals surface area contributed by atoms with Crippen LogP contribution >= 0.6 is 0 Å². The second kappa shape index (κ2) is 10.2. The number of para-hydroxylation sites is 1. The highest BCUT2D eigenvalue weighted by atomic mass is 15.2. The van der Waals surface area contributed by atoms with E-state index in [-0.39, 0.29) is 0 Å². The van der Waals surface area contributed by atoms with Gasteiger partial charge in [-0.2, -0.15) is 9.97 Å². The molecular weight excluding hydrogens is 609 g/mol. The van der Waals surface area contributed by atoms with Gasteiger partial charge in [-0.3, -0.25) is 4.57 Å². The van der Waals surface area contributed by atoms with E-state index in [1.165, 1.54) is 55.3 Å². The molecule has 2 aliphatic carbocycles. The summed E-state index contributed by atoms with van der Waals surface area (Å²) < 4.78 is 2.31. The Morgan fingerprint density at radius 3 is 1.44 bits per heavy atom. The Labute approximate surface area is 289 Å².